The third-order valence-corrected chi connectivity index (χ3v) is 3.79. The highest BCUT2D eigenvalue weighted by Gasteiger charge is 2.27. The minimum Gasteiger partial charge on any atom is -0.481 e. The van der Waals surface area contributed by atoms with Crippen LogP contribution in [0.2, 0.25) is 0 Å². The molecule has 1 aliphatic heterocycles. The fourth-order valence-electron chi connectivity index (χ4n) is 2.43. The van der Waals surface area contributed by atoms with Crippen molar-refractivity contribution >= 4 is 11.9 Å². The first-order valence-electron chi connectivity index (χ1n) is 7.86. The van der Waals surface area contributed by atoms with Crippen LogP contribution >= 0.6 is 0 Å². The third-order valence-electron chi connectivity index (χ3n) is 3.79. The van der Waals surface area contributed by atoms with Gasteiger partial charge in [0.25, 0.3) is 0 Å². The van der Waals surface area contributed by atoms with E-state index in [9.17, 15) is 14.0 Å². The van der Waals surface area contributed by atoms with Crippen molar-refractivity contribution in [2.24, 2.45) is 0 Å². The maximum absolute atomic E-state index is 13.7. The Hall–Kier alpha value is -1.99. The molecule has 0 fully saturated rings. The highest BCUT2D eigenvalue weighted by atomic mass is 19.1. The molecule has 7 heteroatoms. The van der Waals surface area contributed by atoms with E-state index in [-0.39, 0.29) is 37.2 Å². The Morgan fingerprint density at radius 3 is 2.50 bits per heavy atom. The molecule has 1 heterocycles. The molecule has 24 heavy (non-hydrogen) atoms. The molecule has 3 N–H and O–H groups in total. The van der Waals surface area contributed by atoms with E-state index in [0.29, 0.717) is 6.61 Å². The van der Waals surface area contributed by atoms with Gasteiger partial charge >= 0.3 is 11.9 Å². The number of hydrogen-bond acceptors (Lipinski definition) is 4. The molecule has 1 aromatic carbocycles. The van der Waals surface area contributed by atoms with Gasteiger partial charge < -0.3 is 20.3 Å². The molecular weight excluding hydrogens is 317 g/mol. The molecule has 1 unspecified atom stereocenters. The molecular formula is C17H24FNO5. The fraction of sp³-hybridized carbons (Fsp3) is 0.529. The molecule has 2 atom stereocenters. The minimum absolute atomic E-state index is 0.0632. The van der Waals surface area contributed by atoms with Gasteiger partial charge in [-0.1, -0.05) is 12.1 Å². The predicted molar refractivity (Wildman–Crippen MR) is 86.4 cm³/mol. The summed E-state index contributed by atoms with van der Waals surface area (Å²) in [5, 5.41) is 19.2. The lowest BCUT2D eigenvalue weighted by atomic mass is 9.93. The molecule has 0 saturated heterocycles. The van der Waals surface area contributed by atoms with E-state index in [1.165, 1.54) is 6.07 Å². The maximum atomic E-state index is 13.7. The van der Waals surface area contributed by atoms with E-state index in [2.05, 4.69) is 5.32 Å². The average molecular weight is 341 g/mol. The Balaban J connectivity index is 0.000000277. The summed E-state index contributed by atoms with van der Waals surface area (Å²) in [4.78, 5) is 19.6. The molecule has 0 aromatic heterocycles. The largest absolute Gasteiger partial charge is 0.481 e. The number of rotatable bonds is 6. The van der Waals surface area contributed by atoms with Gasteiger partial charge in [-0.2, -0.15) is 0 Å². The van der Waals surface area contributed by atoms with Crippen molar-refractivity contribution in [1.29, 1.82) is 0 Å². The minimum atomic E-state index is -0.948. The summed E-state index contributed by atoms with van der Waals surface area (Å²) in [6.07, 6.45) is 0.725. The van der Waals surface area contributed by atoms with E-state index in [1.54, 1.807) is 6.07 Å². The second kappa shape index (κ2) is 10.00. The van der Waals surface area contributed by atoms with E-state index in [4.69, 9.17) is 14.9 Å². The summed E-state index contributed by atoms with van der Waals surface area (Å²) in [6.45, 7) is 2.68. The highest BCUT2D eigenvalue weighted by Crippen LogP contribution is 2.31. The lowest BCUT2D eigenvalue weighted by Gasteiger charge is -2.30. The standard InChI is InChI=1S/C12H16FNO.C5H8O4/c1-8(14-2)12-11-9(6-7-15-12)4-3-5-10(11)13;6-4(7)2-1-3-5(8)9/h3-5,8,12,14H,6-7H2,1-2H3;1-3H2,(H,6,7)(H,8,9)/t8-,12?;/m1./s1. The van der Waals surface area contributed by atoms with Gasteiger partial charge in [-0.25, -0.2) is 4.39 Å². The Morgan fingerprint density at radius 1 is 1.33 bits per heavy atom. The molecule has 134 valence electrons. The monoisotopic (exact) mass is 341 g/mol. The Bertz CT molecular complexity index is 550. The van der Waals surface area contributed by atoms with E-state index in [1.807, 2.05) is 20.0 Å². The second-order valence-electron chi connectivity index (χ2n) is 5.57. The van der Waals surface area contributed by atoms with Crippen LogP contribution in [0.15, 0.2) is 18.2 Å². The van der Waals surface area contributed by atoms with Gasteiger partial charge in [-0.05, 0) is 38.4 Å². The number of carboxylic acid groups (broad SMARTS) is 2. The molecule has 1 aliphatic rings. The zero-order chi connectivity index (χ0) is 18.1. The van der Waals surface area contributed by atoms with Crippen molar-refractivity contribution in [3.63, 3.8) is 0 Å². The van der Waals surface area contributed by atoms with Crippen molar-refractivity contribution in [2.45, 2.75) is 44.8 Å². The van der Waals surface area contributed by atoms with Gasteiger partial charge in [-0.15, -0.1) is 0 Å². The van der Waals surface area contributed by atoms with Crippen LogP contribution in [0.25, 0.3) is 0 Å². The molecule has 0 radical (unpaired) electrons. The second-order valence-corrected chi connectivity index (χ2v) is 5.57. The summed E-state index contributed by atoms with van der Waals surface area (Å²) in [6, 6.07) is 5.38. The number of nitrogens with one attached hydrogen (secondary N) is 1. The molecule has 1 aromatic rings. The van der Waals surface area contributed by atoms with Crippen LogP contribution in [0.5, 0.6) is 0 Å². The zero-order valence-electron chi connectivity index (χ0n) is 13.9. The maximum Gasteiger partial charge on any atom is 0.303 e. The SMILES string of the molecule is CN[C@H](C)C1OCCc2cccc(F)c21.O=C(O)CCCC(=O)O. The quantitative estimate of drug-likeness (QED) is 0.735. The smallest absolute Gasteiger partial charge is 0.303 e. The van der Waals surface area contributed by atoms with E-state index < -0.39 is 11.9 Å². The number of benzene rings is 1. The van der Waals surface area contributed by atoms with Crippen LogP contribution in [-0.2, 0) is 20.7 Å². The number of likely N-dealkylation sites (N-methyl/N-ethyl adjacent to an activating group) is 1. The summed E-state index contributed by atoms with van der Waals surface area (Å²) in [5.74, 6) is -2.05. The molecule has 0 aliphatic carbocycles. The summed E-state index contributed by atoms with van der Waals surface area (Å²) >= 11 is 0. The van der Waals surface area contributed by atoms with E-state index in [0.717, 1.165) is 17.5 Å². The van der Waals surface area contributed by atoms with Gasteiger partial charge in [0.05, 0.1) is 6.61 Å². The van der Waals surface area contributed by atoms with Crippen molar-refractivity contribution in [3.05, 3.63) is 35.1 Å². The van der Waals surface area contributed by atoms with Gasteiger partial charge in [-0.3, -0.25) is 9.59 Å². The number of carboxylic acids is 2. The van der Waals surface area contributed by atoms with Crippen LogP contribution in [0, 0.1) is 5.82 Å². The Morgan fingerprint density at radius 2 is 1.96 bits per heavy atom. The molecule has 0 bridgehead atoms. The number of aliphatic carboxylic acids is 2. The molecule has 6 nitrogen and oxygen atoms in total. The number of ether oxygens (including phenoxy) is 1. The first-order valence-corrected chi connectivity index (χ1v) is 7.86. The van der Waals surface area contributed by atoms with Crippen LogP contribution < -0.4 is 5.32 Å². The third kappa shape index (κ3) is 6.25. The van der Waals surface area contributed by atoms with Gasteiger partial charge in [0.1, 0.15) is 11.9 Å². The first-order chi connectivity index (χ1) is 11.4. The fourth-order valence-corrected chi connectivity index (χ4v) is 2.43. The average Bonchev–Trinajstić information content (AvgIpc) is 2.54. The van der Waals surface area contributed by atoms with Crippen LogP contribution in [0.1, 0.15) is 43.4 Å². The lowest BCUT2D eigenvalue weighted by Crippen LogP contribution is -2.34. The number of hydrogen-bond donors (Lipinski definition) is 3. The van der Waals surface area contributed by atoms with Gasteiger partial charge in [0, 0.05) is 24.4 Å². The number of halogens is 1. The van der Waals surface area contributed by atoms with Gasteiger partial charge in [0.15, 0.2) is 0 Å². The first kappa shape index (κ1) is 20.1. The predicted octanol–water partition coefficient (Wildman–Crippen LogP) is 2.37. The molecule has 0 amide bonds. The molecule has 0 spiro atoms. The van der Waals surface area contributed by atoms with Gasteiger partial charge in [0.2, 0.25) is 0 Å². The summed E-state index contributed by atoms with van der Waals surface area (Å²) < 4.78 is 19.3. The Labute approximate surface area is 140 Å². The molecule has 2 rings (SSSR count). The molecule has 0 saturated carbocycles. The van der Waals surface area contributed by atoms with Crippen LogP contribution in [0.3, 0.4) is 0 Å². The van der Waals surface area contributed by atoms with Crippen LogP contribution in [0.4, 0.5) is 4.39 Å². The van der Waals surface area contributed by atoms with Crippen molar-refractivity contribution in [2.75, 3.05) is 13.7 Å². The van der Waals surface area contributed by atoms with Crippen molar-refractivity contribution in [1.82, 2.24) is 5.32 Å². The lowest BCUT2D eigenvalue weighted by molar-refractivity contribution is -0.138. The van der Waals surface area contributed by atoms with Crippen molar-refractivity contribution < 1.29 is 28.9 Å². The van der Waals surface area contributed by atoms with Crippen molar-refractivity contribution in [3.8, 4) is 0 Å². The number of carbonyl (C=O) groups is 2. The summed E-state index contributed by atoms with van der Waals surface area (Å²) in [7, 11) is 1.86. The van der Waals surface area contributed by atoms with E-state index >= 15 is 0 Å². The summed E-state index contributed by atoms with van der Waals surface area (Å²) in [5.41, 5.74) is 1.80. The zero-order valence-corrected chi connectivity index (χ0v) is 13.9. The number of fused-ring (bicyclic) bond motifs is 1. The highest BCUT2D eigenvalue weighted by molar-refractivity contribution is 5.69. The van der Waals surface area contributed by atoms with Crippen LogP contribution in [-0.4, -0.2) is 41.8 Å². The normalized spacial score (nSPS) is 17.2. The topological polar surface area (TPSA) is 95.9 Å². The Kier molecular flexibility index (Phi) is 8.35.